The number of hydrogen-bond acceptors (Lipinski definition) is 3. The Labute approximate surface area is 47.9 Å². The standard InChI is InChI=1S/C2H5AsO5/c4-2(5)1-3(6,7)8/h1H2,(H,4,5)(H2,6,7,8)/p-1. The molecule has 0 aliphatic carbocycles. The van der Waals surface area contributed by atoms with Crippen LogP contribution in [-0.2, 0) is 8.53 Å². The molecule has 0 aromatic heterocycles. The van der Waals surface area contributed by atoms with Crippen molar-refractivity contribution in [2.24, 2.45) is 0 Å². The van der Waals surface area contributed by atoms with Gasteiger partial charge in [0.05, 0.1) is 0 Å². The summed E-state index contributed by atoms with van der Waals surface area (Å²) in [6.45, 7) is 0. The number of rotatable bonds is 2. The first kappa shape index (κ1) is 7.75. The maximum absolute atomic E-state index is 9.78. The van der Waals surface area contributed by atoms with E-state index in [4.69, 9.17) is 8.19 Å². The number of carboxylic acids is 1. The van der Waals surface area contributed by atoms with E-state index in [-0.39, 0.29) is 0 Å². The van der Waals surface area contributed by atoms with E-state index in [2.05, 4.69) is 0 Å². The molecule has 0 atom stereocenters. The van der Waals surface area contributed by atoms with Crippen molar-refractivity contribution in [2.45, 2.75) is 5.21 Å². The molecule has 0 aromatic carbocycles. The summed E-state index contributed by atoms with van der Waals surface area (Å²) in [6.07, 6.45) is 0. The number of hydrogen-bond donors (Lipinski definition) is 2. The van der Waals surface area contributed by atoms with Gasteiger partial charge in [-0.15, -0.1) is 0 Å². The summed E-state index contributed by atoms with van der Waals surface area (Å²) in [7, 11) is 0. The van der Waals surface area contributed by atoms with Gasteiger partial charge in [-0.1, -0.05) is 0 Å². The van der Waals surface area contributed by atoms with Crippen molar-refractivity contribution in [2.75, 3.05) is 0 Å². The SMILES string of the molecule is O=C([O-])C[As](=O)(O)O. The zero-order valence-corrected chi connectivity index (χ0v) is 5.65. The van der Waals surface area contributed by atoms with Crippen LogP contribution in [0.3, 0.4) is 0 Å². The van der Waals surface area contributed by atoms with Crippen molar-refractivity contribution in [1.29, 1.82) is 0 Å². The summed E-state index contributed by atoms with van der Waals surface area (Å²) in [5.74, 6) is -1.71. The van der Waals surface area contributed by atoms with Crippen LogP contribution in [0.1, 0.15) is 0 Å². The van der Waals surface area contributed by atoms with Crippen LogP contribution in [0.2, 0.25) is 5.21 Å². The third kappa shape index (κ3) is 5.75. The van der Waals surface area contributed by atoms with Crippen molar-refractivity contribution in [3.05, 3.63) is 0 Å². The number of carbonyl (C=O) groups is 1. The third-order valence-corrected chi connectivity index (χ3v) is 1.74. The van der Waals surface area contributed by atoms with Crippen LogP contribution >= 0.6 is 0 Å². The van der Waals surface area contributed by atoms with Crippen molar-refractivity contribution < 1.29 is 21.8 Å². The molecule has 0 heterocycles. The van der Waals surface area contributed by atoms with Gasteiger partial charge < -0.3 is 0 Å². The molecule has 5 nitrogen and oxygen atoms in total. The second-order valence-corrected chi connectivity index (χ2v) is 4.65. The van der Waals surface area contributed by atoms with Gasteiger partial charge >= 0.3 is 47.2 Å². The molecule has 0 aliphatic heterocycles. The Morgan fingerprint density at radius 2 is 2.00 bits per heavy atom. The average molecular weight is 183 g/mol. The topological polar surface area (TPSA) is 97.7 Å². The maximum atomic E-state index is 9.78. The van der Waals surface area contributed by atoms with E-state index in [0.29, 0.717) is 0 Å². The summed E-state index contributed by atoms with van der Waals surface area (Å²) in [5, 5.41) is 8.29. The summed E-state index contributed by atoms with van der Waals surface area (Å²) in [6, 6.07) is 0. The van der Waals surface area contributed by atoms with Crippen LogP contribution in [-0.4, -0.2) is 28.3 Å². The molecule has 0 fully saturated rings. The zero-order chi connectivity index (χ0) is 6.78. The normalized spacial score (nSPS) is 11.2. The van der Waals surface area contributed by atoms with Crippen molar-refractivity contribution in [3.8, 4) is 0 Å². The van der Waals surface area contributed by atoms with Crippen molar-refractivity contribution >= 4 is 20.1 Å². The Bertz CT molecular complexity index is 133. The van der Waals surface area contributed by atoms with Gasteiger partial charge in [-0.25, -0.2) is 0 Å². The van der Waals surface area contributed by atoms with Gasteiger partial charge in [0.2, 0.25) is 0 Å². The molecular weight excluding hydrogens is 179 g/mol. The molecule has 0 unspecified atom stereocenters. The van der Waals surface area contributed by atoms with Crippen LogP contribution < -0.4 is 5.11 Å². The quantitative estimate of drug-likeness (QED) is 0.447. The van der Waals surface area contributed by atoms with Gasteiger partial charge in [-0.2, -0.15) is 0 Å². The fourth-order valence-corrected chi connectivity index (χ4v) is 0.874. The minimum atomic E-state index is -4.93. The summed E-state index contributed by atoms with van der Waals surface area (Å²) >= 11 is -4.93. The fourth-order valence-electron chi connectivity index (χ4n) is 0.168. The first-order chi connectivity index (χ1) is 3.42. The summed E-state index contributed by atoms with van der Waals surface area (Å²) < 4.78 is 25.7. The number of carboxylic acid groups (broad SMARTS) is 1. The van der Waals surface area contributed by atoms with Crippen LogP contribution in [0.4, 0.5) is 0 Å². The molecule has 8 heavy (non-hydrogen) atoms. The second-order valence-electron chi connectivity index (χ2n) is 1.19. The molecule has 0 aromatic rings. The Morgan fingerprint density at radius 1 is 1.62 bits per heavy atom. The molecule has 2 N–H and O–H groups in total. The van der Waals surface area contributed by atoms with E-state index in [1.54, 1.807) is 0 Å². The van der Waals surface area contributed by atoms with Gasteiger partial charge in [0.1, 0.15) is 0 Å². The molecule has 0 saturated heterocycles. The predicted octanol–water partition coefficient (Wildman–Crippen LogP) is -2.91. The van der Waals surface area contributed by atoms with Crippen molar-refractivity contribution in [1.82, 2.24) is 0 Å². The van der Waals surface area contributed by atoms with Crippen LogP contribution in [0, 0.1) is 0 Å². The van der Waals surface area contributed by atoms with E-state index in [9.17, 15) is 13.6 Å². The van der Waals surface area contributed by atoms with Gasteiger partial charge in [-0.3, -0.25) is 0 Å². The van der Waals surface area contributed by atoms with Crippen LogP contribution in [0.25, 0.3) is 0 Å². The van der Waals surface area contributed by atoms with E-state index in [0.717, 1.165) is 0 Å². The van der Waals surface area contributed by atoms with E-state index < -0.39 is 25.4 Å². The molecular formula is C2H4AsO5-. The van der Waals surface area contributed by atoms with Gasteiger partial charge in [0.15, 0.2) is 0 Å². The zero-order valence-electron chi connectivity index (χ0n) is 3.77. The number of carbonyl (C=O) groups excluding carboxylic acids is 1. The van der Waals surface area contributed by atoms with Gasteiger partial charge in [-0.05, 0) is 0 Å². The van der Waals surface area contributed by atoms with Crippen LogP contribution in [0.5, 0.6) is 0 Å². The molecule has 0 radical (unpaired) electrons. The molecule has 6 heteroatoms. The molecule has 0 aliphatic rings. The molecule has 0 amide bonds. The summed E-state index contributed by atoms with van der Waals surface area (Å²) in [4.78, 5) is 9.43. The van der Waals surface area contributed by atoms with E-state index in [1.165, 1.54) is 0 Å². The second kappa shape index (κ2) is 2.35. The molecule has 0 bridgehead atoms. The summed E-state index contributed by atoms with van der Waals surface area (Å²) in [5.41, 5.74) is 0. The Balaban J connectivity index is 3.74. The minimum absolute atomic E-state index is 1.14. The fraction of sp³-hybridized carbons (Fsp3) is 0.500. The van der Waals surface area contributed by atoms with Crippen molar-refractivity contribution in [3.63, 3.8) is 0 Å². The van der Waals surface area contributed by atoms with E-state index in [1.807, 2.05) is 0 Å². The monoisotopic (exact) mass is 183 g/mol. The Kier molecular flexibility index (Phi) is 2.27. The molecule has 0 saturated carbocycles. The first-order valence-electron chi connectivity index (χ1n) is 1.66. The van der Waals surface area contributed by atoms with Gasteiger partial charge in [0, 0.05) is 0 Å². The third-order valence-electron chi connectivity index (χ3n) is 0.335. The Hall–Kier alpha value is -0.252. The number of aliphatic carboxylic acids is 1. The van der Waals surface area contributed by atoms with Gasteiger partial charge in [0.25, 0.3) is 0 Å². The van der Waals surface area contributed by atoms with E-state index >= 15 is 0 Å². The molecule has 0 spiro atoms. The predicted molar refractivity (Wildman–Crippen MR) is 20.7 cm³/mol. The average Bonchev–Trinajstić information content (AvgIpc) is 1.21. The molecule has 48 valence electrons. The first-order valence-corrected chi connectivity index (χ1v) is 5.43. The van der Waals surface area contributed by atoms with Crippen LogP contribution in [0.15, 0.2) is 0 Å². The Morgan fingerprint density at radius 3 is 2.00 bits per heavy atom. The molecule has 0 rings (SSSR count).